The van der Waals surface area contributed by atoms with Crippen molar-refractivity contribution in [2.45, 2.75) is 66.7 Å². The number of amides is 1. The largest absolute Gasteiger partial charge is 0.355 e. The molecule has 4 heterocycles. The Bertz CT molecular complexity index is 1230. The maximum Gasteiger partial charge on any atom is 0.267 e. The Hall–Kier alpha value is -2.19. The molecule has 0 bridgehead atoms. The first kappa shape index (κ1) is 26.9. The van der Waals surface area contributed by atoms with Crippen LogP contribution < -0.4 is 10.5 Å². The van der Waals surface area contributed by atoms with Gasteiger partial charge in [0.05, 0.1) is 10.5 Å². The van der Waals surface area contributed by atoms with E-state index in [2.05, 4.69) is 32.6 Å². The van der Waals surface area contributed by atoms with E-state index in [0.29, 0.717) is 50.6 Å². The molecule has 4 rings (SSSR count). The molecule has 2 aromatic rings. The molecule has 2 saturated heterocycles. The zero-order chi connectivity index (χ0) is 26.0. The van der Waals surface area contributed by atoms with E-state index in [1.54, 1.807) is 15.4 Å². The Morgan fingerprint density at radius 3 is 2.58 bits per heavy atom. The summed E-state index contributed by atoms with van der Waals surface area (Å²) < 4.78 is 2.17. The van der Waals surface area contributed by atoms with Crippen molar-refractivity contribution in [1.29, 1.82) is 0 Å². The van der Waals surface area contributed by atoms with E-state index in [0.717, 1.165) is 50.8 Å². The minimum Gasteiger partial charge on any atom is -0.355 e. The molecule has 6 nitrogen and oxygen atoms in total. The number of thiocarbonyl (C=S) groups is 1. The molecule has 36 heavy (non-hydrogen) atoms. The van der Waals surface area contributed by atoms with Crippen molar-refractivity contribution >= 4 is 51.7 Å². The maximum absolute atomic E-state index is 13.8. The summed E-state index contributed by atoms with van der Waals surface area (Å²) in [5.74, 6) is 2.01. The van der Waals surface area contributed by atoms with Crippen molar-refractivity contribution in [3.63, 3.8) is 0 Å². The van der Waals surface area contributed by atoms with Gasteiger partial charge in [0.15, 0.2) is 0 Å². The summed E-state index contributed by atoms with van der Waals surface area (Å²) in [5.41, 5.74) is 1.93. The summed E-state index contributed by atoms with van der Waals surface area (Å²) in [6.07, 6.45) is 9.12. The first-order chi connectivity index (χ1) is 17.2. The molecule has 0 radical (unpaired) electrons. The number of thioether (sulfide) groups is 1. The minimum atomic E-state index is -0.149. The number of piperidine rings is 1. The SMILES string of the molecule is CCCC[C@H](CC)CN1C(=O)/C(=C\c2c(N3C[C@H](C)C[C@@H](C)C3)nc3ccc(C)cn3c2=O)SC1=S. The number of hydrogen-bond acceptors (Lipinski definition) is 6. The van der Waals surface area contributed by atoms with Gasteiger partial charge in [-0.25, -0.2) is 4.98 Å². The molecule has 2 aliphatic rings. The van der Waals surface area contributed by atoms with Gasteiger partial charge in [-0.2, -0.15) is 0 Å². The van der Waals surface area contributed by atoms with Gasteiger partial charge in [0, 0.05) is 25.8 Å². The average molecular weight is 527 g/mol. The van der Waals surface area contributed by atoms with Crippen LogP contribution in [0.2, 0.25) is 0 Å². The second-order valence-electron chi connectivity index (χ2n) is 10.6. The highest BCUT2D eigenvalue weighted by atomic mass is 32.2. The number of anilines is 1. The van der Waals surface area contributed by atoms with Crippen LogP contribution in [0.5, 0.6) is 0 Å². The Kier molecular flexibility index (Phi) is 8.56. The number of carbonyl (C=O) groups excluding carboxylic acids is 1. The molecule has 0 spiro atoms. The zero-order valence-corrected chi connectivity index (χ0v) is 23.8. The number of carbonyl (C=O) groups is 1. The fraction of sp³-hybridized carbons (Fsp3) is 0.571. The van der Waals surface area contributed by atoms with Gasteiger partial charge in [0.2, 0.25) is 0 Å². The van der Waals surface area contributed by atoms with Crippen LogP contribution in [0.4, 0.5) is 5.82 Å². The van der Waals surface area contributed by atoms with Crippen LogP contribution in [-0.4, -0.2) is 44.1 Å². The van der Waals surface area contributed by atoms with Crippen molar-refractivity contribution in [3.8, 4) is 0 Å². The van der Waals surface area contributed by atoms with Gasteiger partial charge in [-0.15, -0.1) is 0 Å². The fourth-order valence-electron chi connectivity index (χ4n) is 5.41. The smallest absolute Gasteiger partial charge is 0.267 e. The van der Waals surface area contributed by atoms with Gasteiger partial charge in [0.1, 0.15) is 15.8 Å². The van der Waals surface area contributed by atoms with Crippen LogP contribution in [0.1, 0.15) is 70.9 Å². The molecule has 2 aliphatic heterocycles. The van der Waals surface area contributed by atoms with E-state index >= 15 is 0 Å². The fourth-order valence-corrected chi connectivity index (χ4v) is 6.67. The standard InChI is InChI=1S/C28H38N4O2S2/c1-6-8-9-21(7-2)17-32-27(34)23(36-28(32)35)13-22-25(30-14-19(4)12-20(5)15-30)29-24-11-10-18(3)16-31(24)26(22)33/h10-11,13,16,19-21H,6-9,12,14-15,17H2,1-5H3/b23-13+/t19-,20-,21+/m1/s1. The van der Waals surface area contributed by atoms with Gasteiger partial charge in [-0.3, -0.25) is 18.9 Å². The molecule has 1 amide bonds. The molecule has 8 heteroatoms. The minimum absolute atomic E-state index is 0.0972. The normalized spacial score (nSPS) is 22.8. The topological polar surface area (TPSA) is 57.9 Å². The number of pyridine rings is 1. The third-order valence-corrected chi connectivity index (χ3v) is 8.66. The molecule has 0 saturated carbocycles. The monoisotopic (exact) mass is 526 g/mol. The number of fused-ring (bicyclic) bond motifs is 1. The quantitative estimate of drug-likeness (QED) is 0.315. The second kappa shape index (κ2) is 11.5. The third kappa shape index (κ3) is 5.70. The predicted molar refractivity (Wildman–Crippen MR) is 155 cm³/mol. The number of hydrogen-bond donors (Lipinski definition) is 0. The zero-order valence-electron chi connectivity index (χ0n) is 22.1. The van der Waals surface area contributed by atoms with Crippen molar-refractivity contribution in [2.24, 2.45) is 17.8 Å². The number of rotatable bonds is 8. The van der Waals surface area contributed by atoms with Gasteiger partial charge >= 0.3 is 0 Å². The van der Waals surface area contributed by atoms with Crippen LogP contribution in [0.15, 0.2) is 28.0 Å². The second-order valence-corrected chi connectivity index (χ2v) is 12.3. The molecule has 0 N–H and O–H groups in total. The maximum atomic E-state index is 13.8. The van der Waals surface area contributed by atoms with Crippen molar-refractivity contribution in [1.82, 2.24) is 14.3 Å². The molecule has 0 aliphatic carbocycles. The van der Waals surface area contributed by atoms with Crippen LogP contribution >= 0.6 is 24.0 Å². The van der Waals surface area contributed by atoms with Crippen molar-refractivity contribution in [2.75, 3.05) is 24.5 Å². The van der Waals surface area contributed by atoms with Crippen LogP contribution in [0, 0.1) is 24.7 Å². The van der Waals surface area contributed by atoms with Gasteiger partial charge in [-0.05, 0) is 55.2 Å². The molecular weight excluding hydrogens is 488 g/mol. The van der Waals surface area contributed by atoms with E-state index in [9.17, 15) is 9.59 Å². The van der Waals surface area contributed by atoms with Gasteiger partial charge in [0.25, 0.3) is 11.5 Å². The molecule has 0 aromatic carbocycles. The summed E-state index contributed by atoms with van der Waals surface area (Å²) in [4.78, 5) is 36.7. The third-order valence-electron chi connectivity index (χ3n) is 7.29. The van der Waals surface area contributed by atoms with E-state index in [1.165, 1.54) is 11.8 Å². The molecule has 0 unspecified atom stereocenters. The summed E-state index contributed by atoms with van der Waals surface area (Å²) in [5, 5.41) is 0. The molecule has 2 fully saturated rings. The Balaban J connectivity index is 1.75. The van der Waals surface area contributed by atoms with E-state index in [-0.39, 0.29) is 11.5 Å². The average Bonchev–Trinajstić information content (AvgIpc) is 3.10. The van der Waals surface area contributed by atoms with Gasteiger partial charge < -0.3 is 4.90 Å². The Labute approximate surface area is 224 Å². The van der Waals surface area contributed by atoms with Crippen molar-refractivity contribution in [3.05, 3.63) is 44.7 Å². The molecule has 2 aromatic heterocycles. The van der Waals surface area contributed by atoms with Crippen LogP contribution in [-0.2, 0) is 4.79 Å². The lowest BCUT2D eigenvalue weighted by Crippen LogP contribution is -2.40. The summed E-state index contributed by atoms with van der Waals surface area (Å²) >= 11 is 6.92. The summed E-state index contributed by atoms with van der Waals surface area (Å²) in [6, 6.07) is 3.86. The first-order valence-corrected chi connectivity index (χ1v) is 14.5. The van der Waals surface area contributed by atoms with Gasteiger partial charge in [-0.1, -0.05) is 77.0 Å². The lowest BCUT2D eigenvalue weighted by atomic mass is 9.91. The lowest BCUT2D eigenvalue weighted by molar-refractivity contribution is -0.122. The highest BCUT2D eigenvalue weighted by Crippen LogP contribution is 2.35. The van der Waals surface area contributed by atoms with Crippen LogP contribution in [0.25, 0.3) is 11.7 Å². The lowest BCUT2D eigenvalue weighted by Gasteiger charge is -2.36. The van der Waals surface area contributed by atoms with Crippen LogP contribution in [0.3, 0.4) is 0 Å². The molecule has 3 atom stereocenters. The summed E-state index contributed by atoms with van der Waals surface area (Å²) in [6.45, 7) is 13.1. The Morgan fingerprint density at radius 2 is 1.92 bits per heavy atom. The number of nitrogens with zero attached hydrogens (tertiary/aromatic N) is 4. The number of unbranched alkanes of at least 4 members (excludes halogenated alkanes) is 1. The summed E-state index contributed by atoms with van der Waals surface area (Å²) in [7, 11) is 0. The predicted octanol–water partition coefficient (Wildman–Crippen LogP) is 5.90. The highest BCUT2D eigenvalue weighted by molar-refractivity contribution is 8.26. The molecule has 194 valence electrons. The van der Waals surface area contributed by atoms with E-state index in [4.69, 9.17) is 17.2 Å². The van der Waals surface area contributed by atoms with E-state index in [1.807, 2.05) is 25.3 Å². The molecular formula is C28H38N4O2S2. The number of aromatic nitrogens is 2. The van der Waals surface area contributed by atoms with E-state index < -0.39 is 0 Å². The Morgan fingerprint density at radius 1 is 1.19 bits per heavy atom. The highest BCUT2D eigenvalue weighted by Gasteiger charge is 2.34. The van der Waals surface area contributed by atoms with Crippen molar-refractivity contribution < 1.29 is 4.79 Å². The first-order valence-electron chi connectivity index (χ1n) is 13.2. The number of aryl methyl sites for hydroxylation is 1.